The van der Waals surface area contributed by atoms with Crippen molar-refractivity contribution < 1.29 is 9.47 Å². The van der Waals surface area contributed by atoms with Crippen LogP contribution in [0.2, 0.25) is 0 Å². The SMILES string of the molecule is CN=C(NC(C)c1cc(OC)ccc1OC)NC1CC1c1ccccc1C. The molecule has 3 unspecified atom stereocenters. The van der Waals surface area contributed by atoms with Gasteiger partial charge in [0.15, 0.2) is 5.96 Å². The summed E-state index contributed by atoms with van der Waals surface area (Å²) in [5.74, 6) is 2.99. The summed E-state index contributed by atoms with van der Waals surface area (Å²) in [6.45, 7) is 4.27. The quantitative estimate of drug-likeness (QED) is 0.602. The van der Waals surface area contributed by atoms with Crippen molar-refractivity contribution in [3.8, 4) is 11.5 Å². The van der Waals surface area contributed by atoms with Gasteiger partial charge in [-0.25, -0.2) is 0 Å². The second-order valence-electron chi connectivity index (χ2n) is 7.00. The summed E-state index contributed by atoms with van der Waals surface area (Å²) in [6, 6.07) is 14.9. The lowest BCUT2D eigenvalue weighted by Gasteiger charge is -2.21. The van der Waals surface area contributed by atoms with Gasteiger partial charge in [0.2, 0.25) is 0 Å². The van der Waals surface area contributed by atoms with E-state index in [-0.39, 0.29) is 6.04 Å². The van der Waals surface area contributed by atoms with Gasteiger partial charge in [-0.15, -0.1) is 0 Å². The van der Waals surface area contributed by atoms with Crippen molar-refractivity contribution in [2.45, 2.75) is 38.3 Å². The molecule has 2 N–H and O–H groups in total. The molecule has 0 amide bonds. The predicted molar refractivity (Wildman–Crippen MR) is 110 cm³/mol. The Labute approximate surface area is 161 Å². The van der Waals surface area contributed by atoms with E-state index in [1.54, 1.807) is 21.3 Å². The number of guanidine groups is 1. The first-order valence-corrected chi connectivity index (χ1v) is 9.34. The van der Waals surface area contributed by atoms with E-state index in [1.807, 2.05) is 18.2 Å². The molecule has 1 aliphatic rings. The molecule has 2 aromatic carbocycles. The number of ether oxygens (including phenoxy) is 2. The van der Waals surface area contributed by atoms with Crippen LogP contribution in [0.1, 0.15) is 42.0 Å². The molecular weight excluding hydrogens is 338 g/mol. The molecule has 0 radical (unpaired) electrons. The van der Waals surface area contributed by atoms with E-state index in [2.05, 4.69) is 53.7 Å². The van der Waals surface area contributed by atoms with Crippen LogP contribution in [0, 0.1) is 6.92 Å². The van der Waals surface area contributed by atoms with Gasteiger partial charge in [0, 0.05) is 24.6 Å². The van der Waals surface area contributed by atoms with Gasteiger partial charge < -0.3 is 20.1 Å². The van der Waals surface area contributed by atoms with Gasteiger partial charge in [-0.3, -0.25) is 4.99 Å². The molecule has 5 heteroatoms. The van der Waals surface area contributed by atoms with Crippen LogP contribution in [-0.2, 0) is 0 Å². The lowest BCUT2D eigenvalue weighted by Crippen LogP contribution is -2.40. The zero-order valence-corrected chi connectivity index (χ0v) is 16.7. The van der Waals surface area contributed by atoms with Gasteiger partial charge in [-0.1, -0.05) is 24.3 Å². The van der Waals surface area contributed by atoms with E-state index < -0.39 is 0 Å². The summed E-state index contributed by atoms with van der Waals surface area (Å²) in [4.78, 5) is 4.40. The molecule has 0 saturated heterocycles. The molecule has 1 fully saturated rings. The molecule has 1 aliphatic carbocycles. The van der Waals surface area contributed by atoms with Crippen molar-refractivity contribution >= 4 is 5.96 Å². The normalized spacial score (nSPS) is 20.0. The Hall–Kier alpha value is -2.69. The van der Waals surface area contributed by atoms with E-state index in [0.29, 0.717) is 12.0 Å². The summed E-state index contributed by atoms with van der Waals surface area (Å²) in [7, 11) is 5.15. The van der Waals surface area contributed by atoms with Gasteiger partial charge in [0.1, 0.15) is 11.5 Å². The van der Waals surface area contributed by atoms with Gasteiger partial charge in [0.25, 0.3) is 0 Å². The third-order valence-corrected chi connectivity index (χ3v) is 5.18. The number of rotatable bonds is 6. The van der Waals surface area contributed by atoms with Crippen molar-refractivity contribution in [2.75, 3.05) is 21.3 Å². The van der Waals surface area contributed by atoms with E-state index in [1.165, 1.54) is 11.1 Å². The third-order valence-electron chi connectivity index (χ3n) is 5.18. The molecule has 1 saturated carbocycles. The Morgan fingerprint density at radius 2 is 1.93 bits per heavy atom. The highest BCUT2D eigenvalue weighted by Crippen LogP contribution is 2.42. The zero-order valence-electron chi connectivity index (χ0n) is 16.7. The minimum atomic E-state index is 0.0249. The maximum atomic E-state index is 5.51. The van der Waals surface area contributed by atoms with Crippen molar-refractivity contribution in [1.29, 1.82) is 0 Å². The molecular formula is C22H29N3O2. The fourth-order valence-corrected chi connectivity index (χ4v) is 3.51. The van der Waals surface area contributed by atoms with Crippen LogP contribution >= 0.6 is 0 Å². The van der Waals surface area contributed by atoms with Crippen molar-refractivity contribution in [3.63, 3.8) is 0 Å². The summed E-state index contributed by atoms with van der Waals surface area (Å²) >= 11 is 0. The Morgan fingerprint density at radius 1 is 1.15 bits per heavy atom. The Balaban J connectivity index is 1.65. The lowest BCUT2D eigenvalue weighted by molar-refractivity contribution is 0.394. The molecule has 3 rings (SSSR count). The van der Waals surface area contributed by atoms with Crippen LogP contribution < -0.4 is 20.1 Å². The number of hydrogen-bond acceptors (Lipinski definition) is 3. The largest absolute Gasteiger partial charge is 0.497 e. The second kappa shape index (κ2) is 8.33. The Bertz CT molecular complexity index is 819. The molecule has 5 nitrogen and oxygen atoms in total. The molecule has 0 aromatic heterocycles. The monoisotopic (exact) mass is 367 g/mol. The third kappa shape index (κ3) is 4.35. The van der Waals surface area contributed by atoms with E-state index >= 15 is 0 Å². The van der Waals surface area contributed by atoms with Gasteiger partial charge >= 0.3 is 0 Å². The fourth-order valence-electron chi connectivity index (χ4n) is 3.51. The smallest absolute Gasteiger partial charge is 0.191 e. The van der Waals surface area contributed by atoms with Crippen molar-refractivity contribution in [3.05, 3.63) is 59.2 Å². The maximum Gasteiger partial charge on any atom is 0.191 e. The molecule has 0 bridgehead atoms. The number of nitrogens with zero attached hydrogens (tertiary/aromatic N) is 1. The minimum absolute atomic E-state index is 0.0249. The first-order valence-electron chi connectivity index (χ1n) is 9.34. The van der Waals surface area contributed by atoms with Gasteiger partial charge in [0.05, 0.1) is 20.3 Å². The van der Waals surface area contributed by atoms with Crippen molar-refractivity contribution in [2.24, 2.45) is 4.99 Å². The molecule has 0 heterocycles. The summed E-state index contributed by atoms with van der Waals surface area (Å²) in [6.07, 6.45) is 1.13. The second-order valence-corrected chi connectivity index (χ2v) is 7.00. The van der Waals surface area contributed by atoms with Crippen LogP contribution in [0.5, 0.6) is 11.5 Å². The first-order chi connectivity index (χ1) is 13.1. The zero-order chi connectivity index (χ0) is 19.4. The van der Waals surface area contributed by atoms with Crippen LogP contribution in [0.4, 0.5) is 0 Å². The maximum absolute atomic E-state index is 5.51. The number of aryl methyl sites for hydroxylation is 1. The highest BCUT2D eigenvalue weighted by atomic mass is 16.5. The van der Waals surface area contributed by atoms with Crippen LogP contribution in [0.15, 0.2) is 47.5 Å². The van der Waals surface area contributed by atoms with Gasteiger partial charge in [-0.2, -0.15) is 0 Å². The standard InChI is InChI=1S/C22H29N3O2/c1-14-8-6-7-9-17(14)19-13-20(19)25-22(23-3)24-15(2)18-12-16(26-4)10-11-21(18)27-5/h6-12,15,19-20H,13H2,1-5H3,(H2,23,24,25). The molecule has 27 heavy (non-hydrogen) atoms. The molecule has 2 aromatic rings. The molecule has 3 atom stereocenters. The topological polar surface area (TPSA) is 54.9 Å². The van der Waals surface area contributed by atoms with Crippen LogP contribution in [0.25, 0.3) is 0 Å². The lowest BCUT2D eigenvalue weighted by atomic mass is 10.0. The number of benzene rings is 2. The van der Waals surface area contributed by atoms with Crippen LogP contribution in [-0.4, -0.2) is 33.3 Å². The van der Waals surface area contributed by atoms with Gasteiger partial charge in [-0.05, 0) is 49.6 Å². The van der Waals surface area contributed by atoms with E-state index in [0.717, 1.165) is 29.4 Å². The highest BCUT2D eigenvalue weighted by Gasteiger charge is 2.39. The minimum Gasteiger partial charge on any atom is -0.497 e. The number of nitrogens with one attached hydrogen (secondary N) is 2. The summed E-state index contributed by atoms with van der Waals surface area (Å²) < 4.78 is 10.9. The summed E-state index contributed by atoms with van der Waals surface area (Å²) in [5, 5.41) is 7.02. The van der Waals surface area contributed by atoms with Crippen molar-refractivity contribution in [1.82, 2.24) is 10.6 Å². The fraction of sp³-hybridized carbons (Fsp3) is 0.409. The average Bonchev–Trinajstić information content (AvgIpc) is 3.45. The van der Waals surface area contributed by atoms with E-state index in [9.17, 15) is 0 Å². The summed E-state index contributed by atoms with van der Waals surface area (Å²) in [5.41, 5.74) is 3.81. The first kappa shape index (κ1) is 19.1. The number of aliphatic imine (C=N–C) groups is 1. The highest BCUT2D eigenvalue weighted by molar-refractivity contribution is 5.81. The number of hydrogen-bond donors (Lipinski definition) is 2. The molecule has 0 aliphatic heterocycles. The molecule has 144 valence electrons. The Kier molecular flexibility index (Phi) is 5.89. The average molecular weight is 367 g/mol. The predicted octanol–water partition coefficient (Wildman–Crippen LogP) is 3.79. The molecule has 0 spiro atoms. The number of methoxy groups -OCH3 is 2. The Morgan fingerprint density at radius 3 is 2.59 bits per heavy atom. The van der Waals surface area contributed by atoms with E-state index in [4.69, 9.17) is 9.47 Å². The van der Waals surface area contributed by atoms with Crippen LogP contribution in [0.3, 0.4) is 0 Å².